The van der Waals surface area contributed by atoms with Crippen LogP contribution in [0.25, 0.3) is 0 Å². The highest BCUT2D eigenvalue weighted by Gasteiger charge is 2.43. The standard InChI is InChI=1S/C20H21NO3S/c1-20(19(23)24)12-13-21(14-20)18(22)17(15-8-4-2-5-9-15)25-16-10-6-3-7-11-16/h2-11,17H,12-14H2,1H3,(H,23,24). The second kappa shape index (κ2) is 7.31. The molecular formula is C20H21NO3S. The van der Waals surface area contributed by atoms with Gasteiger partial charge in [-0.1, -0.05) is 48.5 Å². The summed E-state index contributed by atoms with van der Waals surface area (Å²) in [6, 6.07) is 19.5. The van der Waals surface area contributed by atoms with Gasteiger partial charge in [-0.05, 0) is 31.0 Å². The van der Waals surface area contributed by atoms with E-state index in [1.165, 1.54) is 11.8 Å². The lowest BCUT2D eigenvalue weighted by atomic mass is 9.90. The minimum atomic E-state index is -0.853. The Bertz CT molecular complexity index is 750. The summed E-state index contributed by atoms with van der Waals surface area (Å²) in [7, 11) is 0. The van der Waals surface area contributed by atoms with E-state index in [9.17, 15) is 14.7 Å². The number of hydrogen-bond acceptors (Lipinski definition) is 3. The Morgan fingerprint density at radius 3 is 2.24 bits per heavy atom. The first kappa shape index (κ1) is 17.5. The molecule has 25 heavy (non-hydrogen) atoms. The monoisotopic (exact) mass is 355 g/mol. The van der Waals surface area contributed by atoms with E-state index < -0.39 is 11.4 Å². The van der Waals surface area contributed by atoms with Crippen LogP contribution in [0.3, 0.4) is 0 Å². The number of carboxylic acids is 1. The molecular weight excluding hydrogens is 334 g/mol. The predicted octanol–water partition coefficient (Wildman–Crippen LogP) is 3.84. The van der Waals surface area contributed by atoms with Crippen LogP contribution in [0.5, 0.6) is 0 Å². The number of nitrogens with zero attached hydrogens (tertiary/aromatic N) is 1. The quantitative estimate of drug-likeness (QED) is 0.828. The molecule has 0 spiro atoms. The van der Waals surface area contributed by atoms with Crippen molar-refractivity contribution in [2.24, 2.45) is 5.41 Å². The van der Waals surface area contributed by atoms with Crippen molar-refractivity contribution in [1.82, 2.24) is 4.90 Å². The molecule has 0 saturated carbocycles. The van der Waals surface area contributed by atoms with Crippen molar-refractivity contribution in [2.45, 2.75) is 23.5 Å². The Morgan fingerprint density at radius 1 is 1.08 bits per heavy atom. The van der Waals surface area contributed by atoms with Crippen LogP contribution in [-0.4, -0.2) is 35.0 Å². The summed E-state index contributed by atoms with van der Waals surface area (Å²) >= 11 is 1.51. The smallest absolute Gasteiger partial charge is 0.311 e. The summed E-state index contributed by atoms with van der Waals surface area (Å²) < 4.78 is 0. The molecule has 0 bridgehead atoms. The summed E-state index contributed by atoms with van der Waals surface area (Å²) in [5.41, 5.74) is 0.0826. The van der Waals surface area contributed by atoms with Gasteiger partial charge in [0.25, 0.3) is 0 Å². The molecule has 1 N–H and O–H groups in total. The third kappa shape index (κ3) is 3.87. The van der Waals surface area contributed by atoms with E-state index in [1.54, 1.807) is 11.8 Å². The van der Waals surface area contributed by atoms with E-state index in [2.05, 4.69) is 0 Å². The average Bonchev–Trinajstić information content (AvgIpc) is 3.05. The van der Waals surface area contributed by atoms with Crippen LogP contribution >= 0.6 is 11.8 Å². The number of thioether (sulfide) groups is 1. The molecule has 1 heterocycles. The molecule has 2 unspecified atom stereocenters. The lowest BCUT2D eigenvalue weighted by Crippen LogP contribution is -2.36. The number of amides is 1. The maximum atomic E-state index is 13.2. The Kier molecular flexibility index (Phi) is 5.13. The highest BCUT2D eigenvalue weighted by atomic mass is 32.2. The van der Waals surface area contributed by atoms with Crippen molar-refractivity contribution in [1.29, 1.82) is 0 Å². The third-order valence-electron chi connectivity index (χ3n) is 4.63. The van der Waals surface area contributed by atoms with Crippen molar-refractivity contribution >= 4 is 23.6 Å². The van der Waals surface area contributed by atoms with Gasteiger partial charge in [-0.2, -0.15) is 0 Å². The SMILES string of the molecule is CC1(C(=O)O)CCN(C(=O)C(Sc2ccccc2)c2ccccc2)C1. The third-order valence-corrected chi connectivity index (χ3v) is 5.88. The molecule has 2 aromatic rings. The van der Waals surface area contributed by atoms with Gasteiger partial charge in [-0.25, -0.2) is 0 Å². The summed E-state index contributed by atoms with van der Waals surface area (Å²) in [5, 5.41) is 9.04. The van der Waals surface area contributed by atoms with Gasteiger partial charge in [0.15, 0.2) is 0 Å². The molecule has 0 aliphatic carbocycles. The van der Waals surface area contributed by atoms with Crippen molar-refractivity contribution in [3.63, 3.8) is 0 Å². The summed E-state index contributed by atoms with van der Waals surface area (Å²) in [4.78, 5) is 27.4. The number of carboxylic acid groups (broad SMARTS) is 1. The molecule has 5 heteroatoms. The zero-order valence-electron chi connectivity index (χ0n) is 14.1. The van der Waals surface area contributed by atoms with Crippen LogP contribution in [-0.2, 0) is 9.59 Å². The molecule has 4 nitrogen and oxygen atoms in total. The van der Waals surface area contributed by atoms with Gasteiger partial charge < -0.3 is 10.0 Å². The van der Waals surface area contributed by atoms with Gasteiger partial charge >= 0.3 is 5.97 Å². The average molecular weight is 355 g/mol. The van der Waals surface area contributed by atoms with Crippen molar-refractivity contribution in [3.8, 4) is 0 Å². The Morgan fingerprint density at radius 2 is 1.68 bits per heavy atom. The Labute approximate surface area is 151 Å². The van der Waals surface area contributed by atoms with Gasteiger partial charge in [-0.15, -0.1) is 11.8 Å². The number of likely N-dealkylation sites (tertiary alicyclic amines) is 1. The second-order valence-corrected chi connectivity index (χ2v) is 7.78. The lowest BCUT2D eigenvalue weighted by molar-refractivity contribution is -0.147. The maximum Gasteiger partial charge on any atom is 0.311 e. The maximum absolute atomic E-state index is 13.2. The van der Waals surface area contributed by atoms with Crippen LogP contribution in [0, 0.1) is 5.41 Å². The number of hydrogen-bond donors (Lipinski definition) is 1. The van der Waals surface area contributed by atoms with Gasteiger partial charge in [0, 0.05) is 18.0 Å². The first-order valence-corrected chi connectivity index (χ1v) is 9.16. The van der Waals surface area contributed by atoms with Crippen LogP contribution in [0.1, 0.15) is 24.2 Å². The number of carbonyl (C=O) groups excluding carboxylic acids is 1. The predicted molar refractivity (Wildman–Crippen MR) is 98.4 cm³/mol. The van der Waals surface area contributed by atoms with Crippen molar-refractivity contribution in [3.05, 3.63) is 66.2 Å². The molecule has 1 saturated heterocycles. The Balaban J connectivity index is 1.84. The first-order chi connectivity index (χ1) is 12.0. The Hall–Kier alpha value is -2.27. The highest BCUT2D eigenvalue weighted by Crippen LogP contribution is 2.39. The van der Waals surface area contributed by atoms with E-state index in [0.29, 0.717) is 13.0 Å². The molecule has 3 rings (SSSR count). The summed E-state index contributed by atoms with van der Waals surface area (Å²) in [5.74, 6) is -0.861. The van der Waals surface area contributed by atoms with Gasteiger partial charge in [0.1, 0.15) is 5.25 Å². The van der Waals surface area contributed by atoms with E-state index in [1.807, 2.05) is 60.7 Å². The molecule has 1 aliphatic heterocycles. The normalized spacial score (nSPS) is 21.1. The van der Waals surface area contributed by atoms with Crippen molar-refractivity contribution in [2.75, 3.05) is 13.1 Å². The fourth-order valence-electron chi connectivity index (χ4n) is 3.01. The molecule has 2 atom stereocenters. The molecule has 130 valence electrons. The topological polar surface area (TPSA) is 57.6 Å². The van der Waals surface area contributed by atoms with Crippen molar-refractivity contribution < 1.29 is 14.7 Å². The van der Waals surface area contributed by atoms with E-state index >= 15 is 0 Å². The minimum absolute atomic E-state index is 0.0231. The van der Waals surface area contributed by atoms with Crippen LogP contribution < -0.4 is 0 Å². The molecule has 0 aromatic heterocycles. The fraction of sp³-hybridized carbons (Fsp3) is 0.300. The van der Waals surface area contributed by atoms with Gasteiger partial charge in [0.05, 0.1) is 5.41 Å². The fourth-order valence-corrected chi connectivity index (χ4v) is 4.14. The lowest BCUT2D eigenvalue weighted by Gasteiger charge is -2.25. The van der Waals surface area contributed by atoms with Crippen LogP contribution in [0.2, 0.25) is 0 Å². The largest absolute Gasteiger partial charge is 0.481 e. The molecule has 1 aliphatic rings. The van der Waals surface area contributed by atoms with Crippen LogP contribution in [0.4, 0.5) is 0 Å². The number of carbonyl (C=O) groups is 2. The minimum Gasteiger partial charge on any atom is -0.481 e. The number of rotatable bonds is 5. The zero-order chi connectivity index (χ0) is 17.9. The summed E-state index contributed by atoms with van der Waals surface area (Å²) in [6.07, 6.45) is 0.492. The van der Waals surface area contributed by atoms with Crippen LogP contribution in [0.15, 0.2) is 65.6 Å². The highest BCUT2D eigenvalue weighted by molar-refractivity contribution is 8.00. The molecule has 2 aromatic carbocycles. The van der Waals surface area contributed by atoms with E-state index in [4.69, 9.17) is 0 Å². The van der Waals surface area contributed by atoms with Gasteiger partial charge in [0.2, 0.25) is 5.91 Å². The molecule has 1 fully saturated rings. The zero-order valence-corrected chi connectivity index (χ0v) is 14.9. The van der Waals surface area contributed by atoms with E-state index in [-0.39, 0.29) is 17.7 Å². The molecule has 1 amide bonds. The van der Waals surface area contributed by atoms with E-state index in [0.717, 1.165) is 10.5 Å². The first-order valence-electron chi connectivity index (χ1n) is 8.28. The number of benzene rings is 2. The second-order valence-electron chi connectivity index (χ2n) is 6.60. The summed E-state index contributed by atoms with van der Waals surface area (Å²) in [6.45, 7) is 2.46. The molecule has 0 radical (unpaired) electrons. The van der Waals surface area contributed by atoms with Gasteiger partial charge in [-0.3, -0.25) is 9.59 Å². The number of aliphatic carboxylic acids is 1.